The van der Waals surface area contributed by atoms with Crippen molar-refractivity contribution < 1.29 is 22.7 Å². The predicted octanol–water partition coefficient (Wildman–Crippen LogP) is 3.22. The number of nitrogens with zero attached hydrogens (tertiary/aromatic N) is 1. The van der Waals surface area contributed by atoms with E-state index in [1.807, 2.05) is 31.1 Å². The van der Waals surface area contributed by atoms with Gasteiger partial charge in [-0.3, -0.25) is 4.79 Å². The summed E-state index contributed by atoms with van der Waals surface area (Å²) in [5.41, 5.74) is 1.94. The van der Waals surface area contributed by atoms with Gasteiger partial charge >= 0.3 is 5.97 Å². The van der Waals surface area contributed by atoms with Crippen molar-refractivity contribution in [2.75, 3.05) is 35.8 Å². The zero-order valence-electron chi connectivity index (χ0n) is 17.7. The molecule has 2 aromatic carbocycles. The molecule has 1 saturated heterocycles. The molecule has 7 nitrogen and oxygen atoms in total. The molecule has 9 heteroatoms. The zero-order chi connectivity index (χ0) is 22.6. The van der Waals surface area contributed by atoms with E-state index >= 15 is 0 Å². The van der Waals surface area contributed by atoms with Gasteiger partial charge in [-0.2, -0.15) is 0 Å². The molecule has 1 N–H and O–H groups in total. The largest absolute Gasteiger partial charge is 0.449 e. The number of esters is 1. The van der Waals surface area contributed by atoms with Crippen molar-refractivity contribution in [2.45, 2.75) is 29.6 Å². The highest BCUT2D eigenvalue weighted by atomic mass is 32.2. The Labute approximate surface area is 187 Å². The summed E-state index contributed by atoms with van der Waals surface area (Å²) in [6.07, 6.45) is -0.437. The number of hydrogen-bond acceptors (Lipinski definition) is 7. The summed E-state index contributed by atoms with van der Waals surface area (Å²) in [4.78, 5) is 27.8. The molecule has 1 aliphatic rings. The number of carbonyl (C=O) groups excluding carboxylic acids is 2. The Bertz CT molecular complexity index is 1050. The van der Waals surface area contributed by atoms with Crippen LogP contribution < -0.4 is 10.2 Å². The van der Waals surface area contributed by atoms with Gasteiger partial charge in [-0.05, 0) is 49.7 Å². The van der Waals surface area contributed by atoms with Crippen molar-refractivity contribution in [2.24, 2.45) is 0 Å². The highest BCUT2D eigenvalue weighted by Crippen LogP contribution is 2.33. The third-order valence-electron chi connectivity index (χ3n) is 4.90. The summed E-state index contributed by atoms with van der Waals surface area (Å²) in [6, 6.07) is 14.2. The number of ether oxygens (including phenoxy) is 1. The quantitative estimate of drug-likeness (QED) is 0.632. The molecule has 0 spiro atoms. The van der Waals surface area contributed by atoms with Crippen LogP contribution in [0.1, 0.15) is 23.7 Å². The van der Waals surface area contributed by atoms with E-state index in [1.54, 1.807) is 36.4 Å². The van der Waals surface area contributed by atoms with E-state index in [-0.39, 0.29) is 16.8 Å². The molecule has 1 fully saturated rings. The van der Waals surface area contributed by atoms with Gasteiger partial charge in [0, 0.05) is 35.6 Å². The maximum absolute atomic E-state index is 12.7. The number of rotatable bonds is 7. The predicted molar refractivity (Wildman–Crippen MR) is 124 cm³/mol. The minimum atomic E-state index is -3.01. The minimum absolute atomic E-state index is 0.0928. The molecule has 2 aromatic rings. The highest BCUT2D eigenvalue weighted by molar-refractivity contribution is 8.02. The number of hydrogen-bond donors (Lipinski definition) is 1. The zero-order valence-corrected chi connectivity index (χ0v) is 19.3. The Hall–Kier alpha value is -2.52. The lowest BCUT2D eigenvalue weighted by molar-refractivity contribution is -0.123. The van der Waals surface area contributed by atoms with E-state index in [0.717, 1.165) is 5.69 Å². The number of benzene rings is 2. The van der Waals surface area contributed by atoms with Gasteiger partial charge in [-0.25, -0.2) is 13.2 Å². The number of carbonyl (C=O) groups is 2. The lowest BCUT2D eigenvalue weighted by atomic mass is 10.2. The van der Waals surface area contributed by atoms with Gasteiger partial charge in [-0.15, -0.1) is 11.8 Å². The molecular formula is C22H26N2O5S2. The van der Waals surface area contributed by atoms with Gasteiger partial charge in [0.15, 0.2) is 15.9 Å². The fourth-order valence-electron chi connectivity index (χ4n) is 3.14. The van der Waals surface area contributed by atoms with Crippen LogP contribution in [0.4, 0.5) is 11.4 Å². The van der Waals surface area contributed by atoms with Gasteiger partial charge in [-0.1, -0.05) is 12.1 Å². The van der Waals surface area contributed by atoms with Crippen LogP contribution in [0, 0.1) is 0 Å². The van der Waals surface area contributed by atoms with Gasteiger partial charge in [0.2, 0.25) is 0 Å². The Morgan fingerprint density at radius 1 is 1.13 bits per heavy atom. The van der Waals surface area contributed by atoms with Crippen LogP contribution in [-0.2, 0) is 19.4 Å². The van der Waals surface area contributed by atoms with Crippen LogP contribution in [0.25, 0.3) is 0 Å². The summed E-state index contributed by atoms with van der Waals surface area (Å²) >= 11 is 1.37. The third-order valence-corrected chi connectivity index (χ3v) is 8.22. The number of nitrogens with one attached hydrogen (secondary N) is 1. The molecular weight excluding hydrogens is 436 g/mol. The van der Waals surface area contributed by atoms with E-state index in [4.69, 9.17) is 4.74 Å². The SMILES string of the molecule is C[C@@H](OC(=O)c1ccccc1S[C@@H]1CCS(=O)(=O)C1)C(=O)Nc1ccc(N(C)C)cc1. The van der Waals surface area contributed by atoms with Gasteiger partial charge < -0.3 is 15.0 Å². The fourth-order valence-corrected chi connectivity index (χ4v) is 6.75. The third kappa shape index (κ3) is 6.24. The van der Waals surface area contributed by atoms with E-state index in [1.165, 1.54) is 18.7 Å². The Morgan fingerprint density at radius 3 is 2.42 bits per heavy atom. The molecule has 31 heavy (non-hydrogen) atoms. The molecule has 0 unspecified atom stereocenters. The fraction of sp³-hybridized carbons (Fsp3) is 0.364. The molecule has 166 valence electrons. The number of thioether (sulfide) groups is 1. The van der Waals surface area contributed by atoms with Crippen molar-refractivity contribution in [1.29, 1.82) is 0 Å². The maximum atomic E-state index is 12.7. The minimum Gasteiger partial charge on any atom is -0.449 e. The smallest absolute Gasteiger partial charge is 0.340 e. The molecule has 0 saturated carbocycles. The summed E-state index contributed by atoms with van der Waals surface area (Å²) in [7, 11) is 0.846. The standard InChI is InChI=1S/C22H26N2O5S2/c1-15(21(25)23-16-8-10-17(11-9-16)24(2)3)29-22(26)19-6-4-5-7-20(19)30-18-12-13-31(27,28)14-18/h4-11,15,18H,12-14H2,1-3H3,(H,23,25)/t15-,18-/m1/s1. The molecule has 0 radical (unpaired) electrons. The van der Waals surface area contributed by atoms with Crippen molar-refractivity contribution in [3.63, 3.8) is 0 Å². The lowest BCUT2D eigenvalue weighted by Crippen LogP contribution is -2.30. The molecule has 1 aliphatic heterocycles. The molecule has 2 atom stereocenters. The molecule has 1 amide bonds. The van der Waals surface area contributed by atoms with E-state index < -0.39 is 27.8 Å². The van der Waals surface area contributed by atoms with Crippen LogP contribution in [0.15, 0.2) is 53.4 Å². The number of amides is 1. The summed E-state index contributed by atoms with van der Waals surface area (Å²) < 4.78 is 28.8. The van der Waals surface area contributed by atoms with Crippen LogP contribution in [-0.4, -0.2) is 57.2 Å². The highest BCUT2D eigenvalue weighted by Gasteiger charge is 2.30. The lowest BCUT2D eigenvalue weighted by Gasteiger charge is -2.17. The van der Waals surface area contributed by atoms with E-state index in [2.05, 4.69) is 5.32 Å². The summed E-state index contributed by atoms with van der Waals surface area (Å²) in [6.45, 7) is 1.51. The topological polar surface area (TPSA) is 92.8 Å². The van der Waals surface area contributed by atoms with Crippen molar-refractivity contribution >= 4 is 44.9 Å². The van der Waals surface area contributed by atoms with E-state index in [9.17, 15) is 18.0 Å². The average molecular weight is 463 g/mol. The van der Waals surface area contributed by atoms with Crippen molar-refractivity contribution in [3.05, 3.63) is 54.1 Å². The van der Waals surface area contributed by atoms with Gasteiger partial charge in [0.05, 0.1) is 17.1 Å². The van der Waals surface area contributed by atoms with Gasteiger partial charge in [0.25, 0.3) is 5.91 Å². The monoisotopic (exact) mass is 462 g/mol. The number of sulfone groups is 1. The first-order chi connectivity index (χ1) is 14.6. The molecule has 3 rings (SSSR count). The maximum Gasteiger partial charge on any atom is 0.340 e. The van der Waals surface area contributed by atoms with Crippen molar-refractivity contribution in [1.82, 2.24) is 0 Å². The van der Waals surface area contributed by atoms with Crippen LogP contribution in [0.5, 0.6) is 0 Å². The first kappa shape index (κ1) is 23.1. The molecule has 0 bridgehead atoms. The normalized spacial score (nSPS) is 18.2. The second-order valence-electron chi connectivity index (χ2n) is 7.62. The molecule has 0 aromatic heterocycles. The van der Waals surface area contributed by atoms with Crippen LogP contribution in [0.2, 0.25) is 0 Å². The Kier molecular flexibility index (Phi) is 7.27. The molecule has 1 heterocycles. The average Bonchev–Trinajstić information content (AvgIpc) is 3.06. The van der Waals surface area contributed by atoms with Crippen LogP contribution >= 0.6 is 11.8 Å². The second-order valence-corrected chi connectivity index (χ2v) is 11.2. The van der Waals surface area contributed by atoms with Gasteiger partial charge in [0.1, 0.15) is 0 Å². The first-order valence-electron chi connectivity index (χ1n) is 9.90. The Balaban J connectivity index is 1.62. The first-order valence-corrected chi connectivity index (χ1v) is 12.6. The van der Waals surface area contributed by atoms with Crippen LogP contribution in [0.3, 0.4) is 0 Å². The number of anilines is 2. The second kappa shape index (κ2) is 9.74. The Morgan fingerprint density at radius 2 is 1.81 bits per heavy atom. The van der Waals surface area contributed by atoms with E-state index in [0.29, 0.717) is 22.6 Å². The summed E-state index contributed by atoms with van der Waals surface area (Å²) in [5.74, 6) is -0.774. The molecule has 0 aliphatic carbocycles. The summed E-state index contributed by atoms with van der Waals surface area (Å²) in [5, 5.41) is 2.65. The van der Waals surface area contributed by atoms with Crippen molar-refractivity contribution in [3.8, 4) is 0 Å².